The van der Waals surface area contributed by atoms with Crippen LogP contribution in [0, 0.1) is 5.92 Å². The molecule has 6 nitrogen and oxygen atoms in total. The summed E-state index contributed by atoms with van der Waals surface area (Å²) in [4.78, 5) is 45.3. The first kappa shape index (κ1) is 29.4. The minimum atomic E-state index is -3.81. The van der Waals surface area contributed by atoms with Gasteiger partial charge in [-0.15, -0.1) is 0 Å². The van der Waals surface area contributed by atoms with Crippen molar-refractivity contribution in [2.75, 3.05) is 0 Å². The van der Waals surface area contributed by atoms with Crippen LogP contribution in [0.4, 0.5) is 0 Å². The van der Waals surface area contributed by atoms with Crippen molar-refractivity contribution in [3.63, 3.8) is 0 Å². The van der Waals surface area contributed by atoms with Crippen molar-refractivity contribution in [2.45, 2.75) is 69.3 Å². The Morgan fingerprint density at radius 3 is 1.52 bits per heavy atom. The average molecular weight is 464 g/mol. The van der Waals surface area contributed by atoms with Crippen LogP contribution >= 0.6 is 13.4 Å². The van der Waals surface area contributed by atoms with Gasteiger partial charge in [0, 0.05) is 0 Å². The molecule has 0 aromatic rings. The zero-order valence-electron chi connectivity index (χ0n) is 14.5. The van der Waals surface area contributed by atoms with Gasteiger partial charge in [-0.2, -0.15) is 0 Å². The minimum Gasteiger partial charge on any atom is -0.325 e. The van der Waals surface area contributed by atoms with Crippen LogP contribution in [0.1, 0.15) is 59.8 Å². The summed E-state index contributed by atoms with van der Waals surface area (Å²) in [5, 5.41) is 1.64. The maximum absolute atomic E-state index is 7.56. The minimum absolute atomic E-state index is 0.116. The van der Waals surface area contributed by atoms with Crippen LogP contribution in [0.2, 0.25) is 9.53 Å². The smallest absolute Gasteiger partial charge is 0.319 e. The fourth-order valence-corrected chi connectivity index (χ4v) is 5.27. The van der Waals surface area contributed by atoms with Crippen molar-refractivity contribution in [3.05, 3.63) is 0 Å². The monoisotopic (exact) mass is 462 g/mol. The Hall–Kier alpha value is 1.68. The topological polar surface area (TPSA) is 121 Å². The van der Waals surface area contributed by atoms with Crippen LogP contribution in [0.25, 0.3) is 0 Å². The third kappa shape index (κ3) is 69.2. The standard InChI is InChI=1S/C8H17.C4H9.2H3O3PS.Zn/c1-4-5-6-7-8(2)3;1-3-4-2;2*1-4(2,3)5;/h8H,1,4-7H2,2-3H3;3H,4H2,1-2H3;2*(H3,1,2,3,5);. The van der Waals surface area contributed by atoms with Crippen LogP contribution in [-0.4, -0.2) is 29.4 Å². The van der Waals surface area contributed by atoms with Crippen molar-refractivity contribution in [1.82, 2.24) is 0 Å². The summed E-state index contributed by atoms with van der Waals surface area (Å²) in [5.41, 5.74) is 0. The molecule has 0 heterocycles. The predicted octanol–water partition coefficient (Wildman–Crippen LogP) is 3.30. The zero-order valence-corrected chi connectivity index (χ0v) is 20.9. The molecule has 0 bridgehead atoms. The van der Waals surface area contributed by atoms with Crippen molar-refractivity contribution in [3.8, 4) is 0 Å². The first-order valence-corrected chi connectivity index (χ1v) is 16.9. The SMILES string of the molecule is CC[CH](C)[Zn][CH2]CCCCC(C)C.OP(O)(O)=S.OP(O)(O)=S. The van der Waals surface area contributed by atoms with E-state index < -0.39 is 13.4 Å². The van der Waals surface area contributed by atoms with Crippen molar-refractivity contribution in [1.29, 1.82) is 0 Å². The molecule has 140 valence electrons. The van der Waals surface area contributed by atoms with Gasteiger partial charge < -0.3 is 29.4 Å². The van der Waals surface area contributed by atoms with Crippen molar-refractivity contribution >= 4 is 37.1 Å². The third-order valence-corrected chi connectivity index (χ3v) is 8.11. The molecule has 0 aromatic heterocycles. The Labute approximate surface area is 158 Å². The van der Waals surface area contributed by atoms with E-state index in [1.807, 2.05) is 0 Å². The molecule has 0 fully saturated rings. The molecule has 0 aromatic carbocycles. The first-order valence-electron chi connectivity index (χ1n) is 7.73. The summed E-state index contributed by atoms with van der Waals surface area (Å²) in [6.07, 6.45) is 7.39. The van der Waals surface area contributed by atoms with E-state index in [4.69, 9.17) is 29.4 Å². The summed E-state index contributed by atoms with van der Waals surface area (Å²) < 4.78 is 1.14. The number of hydrogen-bond donors (Lipinski definition) is 6. The molecule has 0 aliphatic heterocycles. The maximum atomic E-state index is 7.56. The largest absolute Gasteiger partial charge is 0.325 e. The molecule has 0 aliphatic carbocycles. The van der Waals surface area contributed by atoms with Gasteiger partial charge in [0.2, 0.25) is 0 Å². The summed E-state index contributed by atoms with van der Waals surface area (Å²) in [6, 6.07) is 0. The molecule has 0 amide bonds. The summed E-state index contributed by atoms with van der Waals surface area (Å²) in [6.45, 7) is 1.84. The summed E-state index contributed by atoms with van der Waals surface area (Å²) >= 11 is 7.09. The second-order valence-electron chi connectivity index (χ2n) is 5.93. The van der Waals surface area contributed by atoms with Crippen molar-refractivity contribution < 1.29 is 46.5 Å². The van der Waals surface area contributed by atoms with Gasteiger partial charge in [-0.25, -0.2) is 0 Å². The second kappa shape index (κ2) is 17.1. The Balaban J connectivity index is -0.000000329. The molecule has 11 heteroatoms. The second-order valence-corrected chi connectivity index (χ2v) is 16.5. The van der Waals surface area contributed by atoms with E-state index in [9.17, 15) is 0 Å². The third-order valence-electron chi connectivity index (χ3n) is 2.93. The van der Waals surface area contributed by atoms with Crippen LogP contribution in [0.3, 0.4) is 0 Å². The van der Waals surface area contributed by atoms with Gasteiger partial charge in [-0.3, -0.25) is 0 Å². The van der Waals surface area contributed by atoms with Crippen LogP contribution in [-0.2, 0) is 40.7 Å². The van der Waals surface area contributed by atoms with Gasteiger partial charge in [0.25, 0.3) is 0 Å². The first-order chi connectivity index (χ1) is 10.2. The Bertz CT molecular complexity index is 312. The molecule has 0 aliphatic rings. The molecule has 23 heavy (non-hydrogen) atoms. The van der Waals surface area contributed by atoms with E-state index >= 15 is 0 Å². The average Bonchev–Trinajstić information content (AvgIpc) is 2.28. The number of unbranched alkanes of at least 4 members (excludes halogenated alkanes) is 2. The Morgan fingerprint density at radius 2 is 1.22 bits per heavy atom. The fourth-order valence-electron chi connectivity index (χ4n) is 1.60. The van der Waals surface area contributed by atoms with E-state index in [1.54, 1.807) is 5.02 Å². The Morgan fingerprint density at radius 1 is 0.826 bits per heavy atom. The molecule has 1 unspecified atom stereocenters. The summed E-state index contributed by atoms with van der Waals surface area (Å²) in [5.74, 6) is 0.913. The van der Waals surface area contributed by atoms with Gasteiger partial charge in [-0.1, -0.05) is 0 Å². The number of hydrogen-bond acceptors (Lipinski definition) is 2. The van der Waals surface area contributed by atoms with Crippen LogP contribution in [0.15, 0.2) is 0 Å². The molecule has 0 spiro atoms. The predicted molar refractivity (Wildman–Crippen MR) is 99.7 cm³/mol. The van der Waals surface area contributed by atoms with Crippen molar-refractivity contribution in [2.24, 2.45) is 5.92 Å². The fraction of sp³-hybridized carbons (Fsp3) is 1.00. The molecule has 0 saturated heterocycles. The van der Waals surface area contributed by atoms with Gasteiger partial charge in [0.05, 0.1) is 0 Å². The molecule has 6 N–H and O–H groups in total. The quantitative estimate of drug-likeness (QED) is 0.184. The normalized spacial score (nSPS) is 12.5. The molecular weight excluding hydrogens is 432 g/mol. The van der Waals surface area contributed by atoms with Gasteiger partial charge in [-0.05, 0) is 23.6 Å². The number of rotatable bonds is 8. The van der Waals surface area contributed by atoms with Gasteiger partial charge in [0.1, 0.15) is 0 Å². The van der Waals surface area contributed by atoms with Crippen LogP contribution < -0.4 is 0 Å². The maximum Gasteiger partial charge on any atom is 0.319 e. The van der Waals surface area contributed by atoms with Gasteiger partial charge >= 0.3 is 106 Å². The molecule has 0 saturated carbocycles. The molecule has 1 atom stereocenters. The van der Waals surface area contributed by atoms with E-state index in [1.165, 1.54) is 32.1 Å². The molecule has 0 rings (SSSR count). The Kier molecular flexibility index (Phi) is 21.9. The van der Waals surface area contributed by atoms with Crippen LogP contribution in [0.5, 0.6) is 0 Å². The van der Waals surface area contributed by atoms with E-state index in [0.29, 0.717) is 0 Å². The van der Waals surface area contributed by atoms with E-state index in [2.05, 4.69) is 51.3 Å². The molecule has 0 radical (unpaired) electrons. The van der Waals surface area contributed by atoms with E-state index in [-0.39, 0.29) is 17.1 Å². The summed E-state index contributed by atoms with van der Waals surface area (Å²) in [7, 11) is 0. The zero-order chi connectivity index (χ0) is 19.1. The van der Waals surface area contributed by atoms with Gasteiger partial charge in [0.15, 0.2) is 0 Å². The molecular formula is C12H32O6P2S2Zn. The van der Waals surface area contributed by atoms with E-state index in [0.717, 1.165) is 10.4 Å².